The molecule has 6 nitrogen and oxygen atoms in total. The van der Waals surface area contributed by atoms with Gasteiger partial charge in [0.25, 0.3) is 0 Å². The van der Waals surface area contributed by atoms with Crippen molar-refractivity contribution in [2.75, 3.05) is 24.6 Å². The second-order valence-electron chi connectivity index (χ2n) is 4.14. The molecule has 2 rings (SSSR count). The summed E-state index contributed by atoms with van der Waals surface area (Å²) in [7, 11) is 0. The van der Waals surface area contributed by atoms with E-state index >= 15 is 0 Å². The third-order valence-electron chi connectivity index (χ3n) is 2.65. The molecule has 1 aliphatic rings. The van der Waals surface area contributed by atoms with Crippen molar-refractivity contribution in [1.29, 1.82) is 5.41 Å². The van der Waals surface area contributed by atoms with Gasteiger partial charge in [-0.05, 0) is 19.4 Å². The number of nitrogens with one attached hydrogen (secondary N) is 1. The van der Waals surface area contributed by atoms with Crippen LogP contribution in [-0.2, 0) is 4.74 Å². The quantitative estimate of drug-likeness (QED) is 0.571. The van der Waals surface area contributed by atoms with Gasteiger partial charge in [-0.15, -0.1) is 0 Å². The van der Waals surface area contributed by atoms with E-state index < -0.39 is 0 Å². The topological polar surface area (TPSA) is 88.1 Å². The predicted molar refractivity (Wildman–Crippen MR) is 65.3 cm³/mol. The molecule has 2 heterocycles. The Morgan fingerprint density at radius 1 is 1.65 bits per heavy atom. The first-order valence-corrected chi connectivity index (χ1v) is 5.71. The number of amidine groups is 1. The van der Waals surface area contributed by atoms with Gasteiger partial charge < -0.3 is 15.4 Å². The lowest BCUT2D eigenvalue weighted by atomic mass is 10.3. The number of nitrogens with two attached hydrogens (primary N) is 1. The standard InChI is InChI=1S/C11H17N5O/c1-8-7-16(5-2-6-17-8)11-14-4-3-9(15-11)10(12)13/h3-4,8H,2,5-7H2,1H3,(H3,12,13). The Balaban J connectivity index is 2.20. The largest absolute Gasteiger partial charge is 0.382 e. The number of hydrogen-bond donors (Lipinski definition) is 2. The smallest absolute Gasteiger partial charge is 0.226 e. The highest BCUT2D eigenvalue weighted by Gasteiger charge is 2.17. The van der Waals surface area contributed by atoms with E-state index in [1.54, 1.807) is 12.3 Å². The molecular weight excluding hydrogens is 218 g/mol. The molecule has 1 atom stereocenters. The van der Waals surface area contributed by atoms with E-state index in [9.17, 15) is 0 Å². The Labute approximate surface area is 100 Å². The summed E-state index contributed by atoms with van der Waals surface area (Å²) in [5.74, 6) is 0.586. The van der Waals surface area contributed by atoms with Crippen LogP contribution < -0.4 is 10.6 Å². The molecule has 0 amide bonds. The maximum Gasteiger partial charge on any atom is 0.226 e. The lowest BCUT2D eigenvalue weighted by Crippen LogP contribution is -2.32. The molecule has 17 heavy (non-hydrogen) atoms. The lowest BCUT2D eigenvalue weighted by molar-refractivity contribution is 0.0820. The fourth-order valence-electron chi connectivity index (χ4n) is 1.83. The second-order valence-corrected chi connectivity index (χ2v) is 4.14. The van der Waals surface area contributed by atoms with Gasteiger partial charge in [-0.1, -0.05) is 0 Å². The van der Waals surface area contributed by atoms with Crippen LogP contribution in [0, 0.1) is 5.41 Å². The van der Waals surface area contributed by atoms with E-state index in [0.29, 0.717) is 11.6 Å². The molecule has 1 unspecified atom stereocenters. The van der Waals surface area contributed by atoms with Gasteiger partial charge in [-0.3, -0.25) is 5.41 Å². The minimum absolute atomic E-state index is 0.0345. The van der Waals surface area contributed by atoms with E-state index in [2.05, 4.69) is 14.9 Å². The van der Waals surface area contributed by atoms with E-state index in [0.717, 1.165) is 26.1 Å². The van der Waals surface area contributed by atoms with Crippen molar-refractivity contribution in [3.63, 3.8) is 0 Å². The maximum atomic E-state index is 7.37. The first-order chi connectivity index (χ1) is 8.16. The summed E-state index contributed by atoms with van der Waals surface area (Å²) in [6.07, 6.45) is 2.76. The third-order valence-corrected chi connectivity index (χ3v) is 2.65. The highest BCUT2D eigenvalue weighted by molar-refractivity contribution is 5.93. The number of nitrogen functional groups attached to an aromatic ring is 1. The summed E-state index contributed by atoms with van der Waals surface area (Å²) >= 11 is 0. The van der Waals surface area contributed by atoms with Crippen LogP contribution in [0.3, 0.4) is 0 Å². The fourth-order valence-corrected chi connectivity index (χ4v) is 1.83. The first-order valence-electron chi connectivity index (χ1n) is 5.71. The number of rotatable bonds is 2. The van der Waals surface area contributed by atoms with Crippen molar-refractivity contribution in [1.82, 2.24) is 9.97 Å². The maximum absolute atomic E-state index is 7.37. The van der Waals surface area contributed by atoms with Crippen molar-refractivity contribution in [3.05, 3.63) is 18.0 Å². The minimum Gasteiger partial charge on any atom is -0.382 e. The van der Waals surface area contributed by atoms with E-state index in [1.165, 1.54) is 0 Å². The molecule has 0 radical (unpaired) electrons. The van der Waals surface area contributed by atoms with Crippen molar-refractivity contribution in [2.24, 2.45) is 5.73 Å². The normalized spacial score (nSPS) is 21.0. The van der Waals surface area contributed by atoms with Crippen LogP contribution >= 0.6 is 0 Å². The van der Waals surface area contributed by atoms with E-state index in [4.69, 9.17) is 15.9 Å². The monoisotopic (exact) mass is 235 g/mol. The number of hydrogen-bond acceptors (Lipinski definition) is 5. The molecule has 1 aromatic rings. The van der Waals surface area contributed by atoms with Crippen LogP contribution in [0.15, 0.2) is 12.3 Å². The predicted octanol–water partition coefficient (Wildman–Crippen LogP) is 0.376. The van der Waals surface area contributed by atoms with Crippen LogP contribution in [0.5, 0.6) is 0 Å². The molecule has 0 aliphatic carbocycles. The SMILES string of the molecule is CC1CN(c2nccc(C(=N)N)n2)CCCO1. The van der Waals surface area contributed by atoms with Crippen LogP contribution in [0.1, 0.15) is 19.0 Å². The van der Waals surface area contributed by atoms with Gasteiger partial charge >= 0.3 is 0 Å². The summed E-state index contributed by atoms with van der Waals surface area (Å²) < 4.78 is 5.57. The van der Waals surface area contributed by atoms with E-state index in [-0.39, 0.29) is 11.9 Å². The number of nitrogens with zero attached hydrogens (tertiary/aromatic N) is 3. The molecule has 1 aliphatic heterocycles. The first kappa shape index (κ1) is 11.8. The molecule has 0 aromatic carbocycles. The van der Waals surface area contributed by atoms with Gasteiger partial charge in [0.15, 0.2) is 0 Å². The molecule has 6 heteroatoms. The van der Waals surface area contributed by atoms with Crippen molar-refractivity contribution >= 4 is 11.8 Å². The zero-order valence-electron chi connectivity index (χ0n) is 9.89. The average Bonchev–Trinajstić information content (AvgIpc) is 2.54. The molecule has 1 fully saturated rings. The highest BCUT2D eigenvalue weighted by Crippen LogP contribution is 2.12. The fraction of sp³-hybridized carbons (Fsp3) is 0.545. The Bertz CT molecular complexity index is 409. The van der Waals surface area contributed by atoms with Gasteiger partial charge in [0.2, 0.25) is 5.95 Å². The molecule has 3 N–H and O–H groups in total. The van der Waals surface area contributed by atoms with Crippen LogP contribution in [0.25, 0.3) is 0 Å². The summed E-state index contributed by atoms with van der Waals surface area (Å²) in [5.41, 5.74) is 5.89. The van der Waals surface area contributed by atoms with Gasteiger partial charge in [0.05, 0.1) is 6.10 Å². The van der Waals surface area contributed by atoms with Crippen molar-refractivity contribution in [3.8, 4) is 0 Å². The molecule has 0 spiro atoms. The molecule has 0 saturated carbocycles. The van der Waals surface area contributed by atoms with Gasteiger partial charge in [0.1, 0.15) is 11.5 Å². The average molecular weight is 235 g/mol. The Morgan fingerprint density at radius 2 is 2.47 bits per heavy atom. The molecule has 92 valence electrons. The molecule has 1 saturated heterocycles. The Morgan fingerprint density at radius 3 is 3.24 bits per heavy atom. The lowest BCUT2D eigenvalue weighted by Gasteiger charge is -2.22. The highest BCUT2D eigenvalue weighted by atomic mass is 16.5. The molecule has 0 bridgehead atoms. The van der Waals surface area contributed by atoms with E-state index in [1.807, 2.05) is 6.92 Å². The summed E-state index contributed by atoms with van der Waals surface area (Å²) in [5, 5.41) is 7.37. The number of ether oxygens (including phenoxy) is 1. The number of aromatic nitrogens is 2. The van der Waals surface area contributed by atoms with Gasteiger partial charge in [-0.25, -0.2) is 9.97 Å². The summed E-state index contributed by atoms with van der Waals surface area (Å²) in [6.45, 7) is 4.43. The van der Waals surface area contributed by atoms with Gasteiger partial charge in [0, 0.05) is 25.9 Å². The van der Waals surface area contributed by atoms with Crippen LogP contribution in [-0.4, -0.2) is 41.6 Å². The van der Waals surface area contributed by atoms with Crippen molar-refractivity contribution in [2.45, 2.75) is 19.4 Å². The summed E-state index contributed by atoms with van der Waals surface area (Å²) in [6, 6.07) is 1.64. The third kappa shape index (κ3) is 2.91. The zero-order chi connectivity index (χ0) is 12.3. The Hall–Kier alpha value is -1.69. The molecule has 1 aromatic heterocycles. The Kier molecular flexibility index (Phi) is 3.53. The second kappa shape index (κ2) is 5.09. The van der Waals surface area contributed by atoms with Gasteiger partial charge in [-0.2, -0.15) is 0 Å². The van der Waals surface area contributed by atoms with Crippen LogP contribution in [0.2, 0.25) is 0 Å². The number of anilines is 1. The zero-order valence-corrected chi connectivity index (χ0v) is 9.89. The minimum atomic E-state index is -0.0345. The molecular formula is C11H17N5O. The van der Waals surface area contributed by atoms with Crippen molar-refractivity contribution < 1.29 is 4.74 Å². The summed E-state index contributed by atoms with van der Waals surface area (Å²) in [4.78, 5) is 10.6. The van der Waals surface area contributed by atoms with Crippen LogP contribution in [0.4, 0.5) is 5.95 Å².